The van der Waals surface area contributed by atoms with Crippen LogP contribution in [-0.2, 0) is 0 Å². The maximum Gasteiger partial charge on any atom is 0.143 e. The second kappa shape index (κ2) is 8.70. The van der Waals surface area contributed by atoms with E-state index in [2.05, 4.69) is 20.6 Å². The highest BCUT2D eigenvalue weighted by Gasteiger charge is 2.13. The van der Waals surface area contributed by atoms with Gasteiger partial charge < -0.3 is 15.4 Å². The van der Waals surface area contributed by atoms with Gasteiger partial charge in [-0.1, -0.05) is 37.8 Å². The molecule has 1 aromatic carbocycles. The molecule has 1 fully saturated rings. The summed E-state index contributed by atoms with van der Waals surface area (Å²) in [6.07, 6.45) is 9.47. The first-order chi connectivity index (χ1) is 12.2. The Morgan fingerprint density at radius 3 is 2.48 bits per heavy atom. The Balaban J connectivity index is 1.69. The predicted octanol–water partition coefficient (Wildman–Crippen LogP) is 5.14. The molecule has 0 atom stereocenters. The summed E-state index contributed by atoms with van der Waals surface area (Å²) >= 11 is 0. The first-order valence-electron chi connectivity index (χ1n) is 9.32. The molecule has 0 unspecified atom stereocenters. The first-order valence-corrected chi connectivity index (χ1v) is 9.32. The molecule has 2 aromatic rings. The third kappa shape index (κ3) is 5.34. The molecule has 0 saturated heterocycles. The number of ether oxygens (including phenoxy) is 1. The summed E-state index contributed by atoms with van der Waals surface area (Å²) < 4.78 is 5.86. The molecule has 0 bridgehead atoms. The van der Waals surface area contributed by atoms with E-state index in [1.54, 1.807) is 6.33 Å². The summed E-state index contributed by atoms with van der Waals surface area (Å²) in [5, 5.41) is 6.92. The van der Waals surface area contributed by atoms with Gasteiger partial charge in [-0.15, -0.1) is 0 Å². The van der Waals surface area contributed by atoms with E-state index in [0.717, 1.165) is 23.1 Å². The number of benzene rings is 1. The molecule has 5 heteroatoms. The van der Waals surface area contributed by atoms with Crippen LogP contribution in [0.2, 0.25) is 0 Å². The third-order valence-corrected chi connectivity index (χ3v) is 4.39. The van der Waals surface area contributed by atoms with Gasteiger partial charge in [0.25, 0.3) is 0 Å². The van der Waals surface area contributed by atoms with Crippen molar-refractivity contribution >= 4 is 17.3 Å². The van der Waals surface area contributed by atoms with E-state index in [9.17, 15) is 0 Å². The topological polar surface area (TPSA) is 59.1 Å². The largest absolute Gasteiger partial charge is 0.489 e. The lowest BCUT2D eigenvalue weighted by Crippen LogP contribution is -2.19. The van der Waals surface area contributed by atoms with Crippen LogP contribution in [0.4, 0.5) is 17.3 Å². The highest BCUT2D eigenvalue weighted by molar-refractivity contribution is 5.65. The van der Waals surface area contributed by atoms with Crippen LogP contribution in [0.15, 0.2) is 36.7 Å². The van der Waals surface area contributed by atoms with Crippen molar-refractivity contribution in [3.63, 3.8) is 0 Å². The zero-order valence-electron chi connectivity index (χ0n) is 15.2. The monoisotopic (exact) mass is 340 g/mol. The van der Waals surface area contributed by atoms with Crippen molar-refractivity contribution in [2.45, 2.75) is 64.5 Å². The van der Waals surface area contributed by atoms with Crippen LogP contribution in [-0.4, -0.2) is 22.1 Å². The summed E-state index contributed by atoms with van der Waals surface area (Å²) in [5.74, 6) is 2.48. The third-order valence-electron chi connectivity index (χ3n) is 4.39. The molecule has 1 aliphatic carbocycles. The van der Waals surface area contributed by atoms with E-state index >= 15 is 0 Å². The number of nitrogens with one attached hydrogen (secondary N) is 2. The van der Waals surface area contributed by atoms with Crippen LogP contribution in [0.25, 0.3) is 0 Å². The minimum atomic E-state index is 0.126. The van der Waals surface area contributed by atoms with E-state index in [1.165, 1.54) is 38.5 Å². The molecule has 1 aliphatic rings. The van der Waals surface area contributed by atoms with Gasteiger partial charge in [0.2, 0.25) is 0 Å². The minimum absolute atomic E-state index is 0.126. The minimum Gasteiger partial charge on any atom is -0.489 e. The molecule has 1 aromatic heterocycles. The predicted molar refractivity (Wildman–Crippen MR) is 103 cm³/mol. The van der Waals surface area contributed by atoms with Gasteiger partial charge >= 0.3 is 0 Å². The standard InChI is InChI=1S/C20H28N4O/c1-15(2)25-18-12-8-7-11-17(18)24-20-13-19(21-14-22-20)23-16-9-5-3-4-6-10-16/h7-8,11-16H,3-6,9-10H2,1-2H3,(H2,21,22,23,24). The van der Waals surface area contributed by atoms with Gasteiger partial charge in [-0.05, 0) is 38.8 Å². The lowest BCUT2D eigenvalue weighted by atomic mass is 10.1. The average molecular weight is 340 g/mol. The van der Waals surface area contributed by atoms with Gasteiger partial charge in [0.15, 0.2) is 0 Å². The van der Waals surface area contributed by atoms with Crippen LogP contribution < -0.4 is 15.4 Å². The van der Waals surface area contributed by atoms with Crippen molar-refractivity contribution in [2.24, 2.45) is 0 Å². The molecule has 134 valence electrons. The highest BCUT2D eigenvalue weighted by Crippen LogP contribution is 2.28. The lowest BCUT2D eigenvalue weighted by Gasteiger charge is -2.18. The number of anilines is 3. The van der Waals surface area contributed by atoms with Crippen LogP contribution in [0.3, 0.4) is 0 Å². The maximum atomic E-state index is 5.86. The fraction of sp³-hybridized carbons (Fsp3) is 0.500. The SMILES string of the molecule is CC(C)Oc1ccccc1Nc1cc(NC2CCCCCC2)ncn1. The Kier molecular flexibility index (Phi) is 6.09. The second-order valence-electron chi connectivity index (χ2n) is 6.91. The molecule has 3 rings (SSSR count). The maximum absolute atomic E-state index is 5.86. The summed E-state index contributed by atoms with van der Waals surface area (Å²) in [7, 11) is 0. The fourth-order valence-corrected chi connectivity index (χ4v) is 3.20. The Hall–Kier alpha value is -2.30. The Bertz CT molecular complexity index is 666. The van der Waals surface area contributed by atoms with Crippen molar-refractivity contribution in [3.8, 4) is 5.75 Å². The Morgan fingerprint density at radius 1 is 1.00 bits per heavy atom. The summed E-state index contributed by atoms with van der Waals surface area (Å²) in [6.45, 7) is 4.05. The molecule has 0 amide bonds. The molecule has 5 nitrogen and oxygen atoms in total. The van der Waals surface area contributed by atoms with E-state index in [0.29, 0.717) is 6.04 Å². The molecule has 0 radical (unpaired) electrons. The van der Waals surface area contributed by atoms with Crippen molar-refractivity contribution in [1.29, 1.82) is 0 Å². The Morgan fingerprint density at radius 2 is 1.72 bits per heavy atom. The summed E-state index contributed by atoms with van der Waals surface area (Å²) in [4.78, 5) is 8.73. The van der Waals surface area contributed by atoms with Crippen molar-refractivity contribution in [3.05, 3.63) is 36.7 Å². The van der Waals surface area contributed by atoms with Gasteiger partial charge in [0, 0.05) is 12.1 Å². The van der Waals surface area contributed by atoms with Crippen molar-refractivity contribution in [1.82, 2.24) is 9.97 Å². The van der Waals surface area contributed by atoms with Crippen LogP contribution in [0.1, 0.15) is 52.4 Å². The van der Waals surface area contributed by atoms with Gasteiger partial charge in [0.1, 0.15) is 23.7 Å². The highest BCUT2D eigenvalue weighted by atomic mass is 16.5. The lowest BCUT2D eigenvalue weighted by molar-refractivity contribution is 0.244. The smallest absolute Gasteiger partial charge is 0.143 e. The molecule has 1 saturated carbocycles. The molecular formula is C20H28N4O. The Labute approximate surface area is 150 Å². The van der Waals surface area contributed by atoms with E-state index in [4.69, 9.17) is 4.74 Å². The molecule has 1 heterocycles. The number of hydrogen-bond acceptors (Lipinski definition) is 5. The quantitative estimate of drug-likeness (QED) is 0.713. The number of para-hydroxylation sites is 2. The normalized spacial score (nSPS) is 15.6. The number of rotatable bonds is 6. The van der Waals surface area contributed by atoms with Crippen LogP contribution in [0.5, 0.6) is 5.75 Å². The van der Waals surface area contributed by atoms with Gasteiger partial charge in [-0.3, -0.25) is 0 Å². The van der Waals surface area contributed by atoms with E-state index in [-0.39, 0.29) is 6.10 Å². The molecule has 0 spiro atoms. The van der Waals surface area contributed by atoms with E-state index in [1.807, 2.05) is 44.2 Å². The zero-order chi connectivity index (χ0) is 17.5. The molecular weight excluding hydrogens is 312 g/mol. The second-order valence-corrected chi connectivity index (χ2v) is 6.91. The molecule has 25 heavy (non-hydrogen) atoms. The summed E-state index contributed by atoms with van der Waals surface area (Å²) in [6, 6.07) is 10.4. The molecule has 0 aliphatic heterocycles. The number of hydrogen-bond donors (Lipinski definition) is 2. The molecule has 2 N–H and O–H groups in total. The van der Waals surface area contributed by atoms with Gasteiger partial charge in [0.05, 0.1) is 11.8 Å². The number of nitrogens with zero attached hydrogens (tertiary/aromatic N) is 2. The van der Waals surface area contributed by atoms with Crippen LogP contribution >= 0.6 is 0 Å². The fourth-order valence-electron chi connectivity index (χ4n) is 3.20. The van der Waals surface area contributed by atoms with Crippen molar-refractivity contribution < 1.29 is 4.74 Å². The van der Waals surface area contributed by atoms with E-state index < -0.39 is 0 Å². The summed E-state index contributed by atoms with van der Waals surface area (Å²) in [5.41, 5.74) is 0.912. The van der Waals surface area contributed by atoms with Gasteiger partial charge in [-0.2, -0.15) is 0 Å². The number of aromatic nitrogens is 2. The van der Waals surface area contributed by atoms with Crippen LogP contribution in [0, 0.1) is 0 Å². The average Bonchev–Trinajstić information content (AvgIpc) is 2.85. The first kappa shape index (κ1) is 17.5. The van der Waals surface area contributed by atoms with Crippen molar-refractivity contribution in [2.75, 3.05) is 10.6 Å². The zero-order valence-corrected chi connectivity index (χ0v) is 15.2. The van der Waals surface area contributed by atoms with Gasteiger partial charge in [-0.25, -0.2) is 9.97 Å².